The maximum atomic E-state index is 12.3. The predicted octanol–water partition coefficient (Wildman–Crippen LogP) is 1.66. The van der Waals surface area contributed by atoms with Crippen molar-refractivity contribution in [3.8, 4) is 0 Å². The SMILES string of the molecule is C[C@@]12CCC(=O)N1[C@H](C(=O)NNC(=O)c1ccc(Br)cc1)CS2. The van der Waals surface area contributed by atoms with Gasteiger partial charge in [-0.1, -0.05) is 15.9 Å². The van der Waals surface area contributed by atoms with E-state index in [0.717, 1.165) is 10.9 Å². The molecule has 1 aromatic carbocycles. The van der Waals surface area contributed by atoms with Crippen LogP contribution in [0.1, 0.15) is 30.1 Å². The van der Waals surface area contributed by atoms with Crippen molar-refractivity contribution in [3.05, 3.63) is 34.3 Å². The number of carbonyl (C=O) groups excluding carboxylic acids is 3. The molecule has 2 aliphatic heterocycles. The number of hydrogen-bond acceptors (Lipinski definition) is 4. The van der Waals surface area contributed by atoms with Crippen LogP contribution in [0.4, 0.5) is 0 Å². The highest BCUT2D eigenvalue weighted by molar-refractivity contribution is 9.10. The number of hydrazine groups is 1. The quantitative estimate of drug-likeness (QED) is 0.743. The van der Waals surface area contributed by atoms with Crippen LogP contribution in [-0.4, -0.2) is 39.3 Å². The van der Waals surface area contributed by atoms with Crippen molar-refractivity contribution in [2.75, 3.05) is 5.75 Å². The largest absolute Gasteiger partial charge is 0.315 e. The zero-order valence-corrected chi connectivity index (χ0v) is 14.9. The van der Waals surface area contributed by atoms with E-state index in [1.165, 1.54) is 0 Å². The molecule has 0 aromatic heterocycles. The van der Waals surface area contributed by atoms with Crippen LogP contribution in [0.2, 0.25) is 0 Å². The number of nitrogens with zero attached hydrogens (tertiary/aromatic N) is 1. The molecule has 2 fully saturated rings. The lowest BCUT2D eigenvalue weighted by Crippen LogP contribution is -2.54. The van der Waals surface area contributed by atoms with Gasteiger partial charge in [0.25, 0.3) is 11.8 Å². The van der Waals surface area contributed by atoms with Gasteiger partial charge in [-0.05, 0) is 37.6 Å². The fourth-order valence-corrected chi connectivity index (χ4v) is 4.59. The van der Waals surface area contributed by atoms with Gasteiger partial charge in [-0.15, -0.1) is 11.8 Å². The number of nitrogens with one attached hydrogen (secondary N) is 2. The van der Waals surface area contributed by atoms with E-state index in [1.54, 1.807) is 40.9 Å². The Hall–Kier alpha value is -1.54. The zero-order chi connectivity index (χ0) is 16.6. The summed E-state index contributed by atoms with van der Waals surface area (Å²) in [7, 11) is 0. The molecule has 0 spiro atoms. The van der Waals surface area contributed by atoms with E-state index in [0.29, 0.717) is 17.7 Å². The minimum atomic E-state index is -0.537. The highest BCUT2D eigenvalue weighted by atomic mass is 79.9. The summed E-state index contributed by atoms with van der Waals surface area (Å²) < 4.78 is 0.868. The second kappa shape index (κ2) is 6.16. The van der Waals surface area contributed by atoms with E-state index < -0.39 is 11.9 Å². The molecule has 0 bridgehead atoms. The minimum absolute atomic E-state index is 0.00288. The topological polar surface area (TPSA) is 78.5 Å². The van der Waals surface area contributed by atoms with Gasteiger partial charge in [-0.2, -0.15) is 0 Å². The number of hydrogen-bond donors (Lipinski definition) is 2. The number of fused-ring (bicyclic) bond motifs is 1. The lowest BCUT2D eigenvalue weighted by atomic mass is 10.2. The van der Waals surface area contributed by atoms with Crippen molar-refractivity contribution >= 4 is 45.4 Å². The first-order valence-electron chi connectivity index (χ1n) is 7.22. The van der Waals surface area contributed by atoms with Crippen LogP contribution in [-0.2, 0) is 9.59 Å². The molecule has 0 unspecified atom stereocenters. The van der Waals surface area contributed by atoms with Gasteiger partial charge in [0.2, 0.25) is 5.91 Å². The van der Waals surface area contributed by atoms with Crippen molar-refractivity contribution in [2.24, 2.45) is 0 Å². The Labute approximate surface area is 146 Å². The summed E-state index contributed by atoms with van der Waals surface area (Å²) in [6.45, 7) is 1.98. The summed E-state index contributed by atoms with van der Waals surface area (Å²) in [5, 5.41) is 0. The molecule has 0 radical (unpaired) electrons. The summed E-state index contributed by atoms with van der Waals surface area (Å²) in [5.41, 5.74) is 5.27. The van der Waals surface area contributed by atoms with Crippen molar-refractivity contribution in [1.82, 2.24) is 15.8 Å². The maximum Gasteiger partial charge on any atom is 0.269 e. The van der Waals surface area contributed by atoms with Crippen molar-refractivity contribution < 1.29 is 14.4 Å². The fourth-order valence-electron chi connectivity index (χ4n) is 2.89. The number of benzene rings is 1. The van der Waals surface area contributed by atoms with Crippen LogP contribution in [0, 0.1) is 0 Å². The second-order valence-corrected chi connectivity index (χ2v) is 8.13. The average molecular weight is 398 g/mol. The van der Waals surface area contributed by atoms with Crippen molar-refractivity contribution in [1.29, 1.82) is 0 Å². The monoisotopic (exact) mass is 397 g/mol. The standard InChI is InChI=1S/C15H16BrN3O3S/c1-15-7-6-12(20)19(15)11(8-23-15)14(22)18-17-13(21)9-2-4-10(16)5-3-9/h2-5,11H,6-8H2,1H3,(H,17,21)(H,18,22)/t11-,15+/m0/s1. The summed E-state index contributed by atoms with van der Waals surface area (Å²) in [5.74, 6) is -0.215. The molecule has 0 aliphatic carbocycles. The Balaban J connectivity index is 1.60. The Morgan fingerprint density at radius 3 is 2.70 bits per heavy atom. The third-order valence-electron chi connectivity index (χ3n) is 4.15. The van der Waals surface area contributed by atoms with Gasteiger partial charge in [0.1, 0.15) is 6.04 Å². The Morgan fingerprint density at radius 1 is 1.30 bits per heavy atom. The first-order chi connectivity index (χ1) is 10.9. The number of thioether (sulfide) groups is 1. The molecule has 2 heterocycles. The first kappa shape index (κ1) is 16.3. The summed E-state index contributed by atoms with van der Waals surface area (Å²) >= 11 is 4.91. The third kappa shape index (κ3) is 3.10. The molecule has 23 heavy (non-hydrogen) atoms. The van der Waals surface area contributed by atoms with E-state index in [-0.39, 0.29) is 16.7 Å². The van der Waals surface area contributed by atoms with Crippen LogP contribution < -0.4 is 10.9 Å². The summed E-state index contributed by atoms with van der Waals surface area (Å²) in [6.07, 6.45) is 1.23. The van der Waals surface area contributed by atoms with E-state index in [1.807, 2.05) is 6.92 Å². The molecule has 2 atom stereocenters. The van der Waals surface area contributed by atoms with Gasteiger partial charge in [-0.3, -0.25) is 25.2 Å². The van der Waals surface area contributed by atoms with Crippen LogP contribution in [0.15, 0.2) is 28.7 Å². The molecule has 3 rings (SSSR count). The number of rotatable bonds is 2. The fraction of sp³-hybridized carbons (Fsp3) is 0.400. The van der Waals surface area contributed by atoms with Gasteiger partial charge in [-0.25, -0.2) is 0 Å². The molecule has 0 saturated carbocycles. The van der Waals surface area contributed by atoms with Crippen LogP contribution in [0.25, 0.3) is 0 Å². The van der Waals surface area contributed by atoms with Gasteiger partial charge in [0.05, 0.1) is 4.87 Å². The van der Waals surface area contributed by atoms with Crippen LogP contribution >= 0.6 is 27.7 Å². The Morgan fingerprint density at radius 2 is 2.00 bits per heavy atom. The second-order valence-electron chi connectivity index (χ2n) is 5.72. The van der Waals surface area contributed by atoms with Crippen LogP contribution in [0.5, 0.6) is 0 Å². The minimum Gasteiger partial charge on any atom is -0.315 e. The van der Waals surface area contributed by atoms with E-state index in [9.17, 15) is 14.4 Å². The van der Waals surface area contributed by atoms with Crippen molar-refractivity contribution in [2.45, 2.75) is 30.7 Å². The van der Waals surface area contributed by atoms with Gasteiger partial charge >= 0.3 is 0 Å². The highest BCUT2D eigenvalue weighted by Crippen LogP contribution is 2.47. The molecule has 2 aliphatic rings. The molecular weight excluding hydrogens is 382 g/mol. The van der Waals surface area contributed by atoms with Gasteiger partial charge in [0.15, 0.2) is 0 Å². The lowest BCUT2D eigenvalue weighted by Gasteiger charge is -2.29. The van der Waals surface area contributed by atoms with Gasteiger partial charge < -0.3 is 4.90 Å². The Bertz CT molecular complexity index is 666. The Kier molecular flexibility index (Phi) is 4.37. The molecule has 3 amide bonds. The molecule has 6 nitrogen and oxygen atoms in total. The number of halogens is 1. The molecular formula is C15H16BrN3O3S. The van der Waals surface area contributed by atoms with Gasteiger partial charge in [0, 0.05) is 22.2 Å². The molecule has 2 saturated heterocycles. The van der Waals surface area contributed by atoms with E-state index in [2.05, 4.69) is 26.8 Å². The molecule has 8 heteroatoms. The summed E-state index contributed by atoms with van der Waals surface area (Å²) in [4.78, 5) is 37.7. The normalized spacial score (nSPS) is 26.1. The molecule has 2 N–H and O–H groups in total. The van der Waals surface area contributed by atoms with Crippen LogP contribution in [0.3, 0.4) is 0 Å². The number of amides is 3. The highest BCUT2D eigenvalue weighted by Gasteiger charge is 2.52. The predicted molar refractivity (Wildman–Crippen MR) is 90.5 cm³/mol. The zero-order valence-electron chi connectivity index (χ0n) is 12.5. The van der Waals surface area contributed by atoms with E-state index in [4.69, 9.17) is 0 Å². The van der Waals surface area contributed by atoms with E-state index >= 15 is 0 Å². The smallest absolute Gasteiger partial charge is 0.269 e. The number of carbonyl (C=O) groups is 3. The average Bonchev–Trinajstić information content (AvgIpc) is 3.02. The first-order valence-corrected chi connectivity index (χ1v) is 9.00. The molecule has 122 valence electrons. The third-order valence-corrected chi connectivity index (χ3v) is 6.19. The van der Waals surface area contributed by atoms with Crippen molar-refractivity contribution in [3.63, 3.8) is 0 Å². The molecule has 1 aromatic rings. The lowest BCUT2D eigenvalue weighted by molar-refractivity contribution is -0.138. The summed E-state index contributed by atoms with van der Waals surface area (Å²) in [6, 6.07) is 6.26. The maximum absolute atomic E-state index is 12.3.